The van der Waals surface area contributed by atoms with Crippen LogP contribution in [0.2, 0.25) is 5.02 Å². The van der Waals surface area contributed by atoms with E-state index in [9.17, 15) is 23.2 Å². The van der Waals surface area contributed by atoms with Gasteiger partial charge in [0.2, 0.25) is 0 Å². The van der Waals surface area contributed by atoms with Crippen LogP contribution in [0.4, 0.5) is 24.7 Å². The van der Waals surface area contributed by atoms with Gasteiger partial charge >= 0.3 is 6.18 Å². The molecule has 4 rings (SSSR count). The molecule has 0 aliphatic rings. The molecule has 15 heteroatoms. The van der Waals surface area contributed by atoms with E-state index in [4.69, 9.17) is 17.3 Å². The van der Waals surface area contributed by atoms with Crippen molar-refractivity contribution in [1.29, 1.82) is 5.26 Å². The molecule has 0 fully saturated rings. The highest BCUT2D eigenvalue weighted by Gasteiger charge is 2.41. The van der Waals surface area contributed by atoms with Crippen molar-refractivity contribution in [3.63, 3.8) is 0 Å². The number of pyridine rings is 2. The van der Waals surface area contributed by atoms with Gasteiger partial charge in [-0.1, -0.05) is 11.6 Å². The summed E-state index contributed by atoms with van der Waals surface area (Å²) in [5, 5.41) is 22.8. The van der Waals surface area contributed by atoms with Crippen LogP contribution >= 0.6 is 11.6 Å². The summed E-state index contributed by atoms with van der Waals surface area (Å²) < 4.78 is 42.1. The molecule has 0 saturated heterocycles. The van der Waals surface area contributed by atoms with Gasteiger partial charge in [0.1, 0.15) is 22.5 Å². The predicted molar refractivity (Wildman–Crippen MR) is 108 cm³/mol. The van der Waals surface area contributed by atoms with Crippen molar-refractivity contribution in [3.8, 4) is 17.6 Å². The number of alkyl halides is 3. The quantitative estimate of drug-likeness (QED) is 0.457. The fourth-order valence-electron chi connectivity index (χ4n) is 2.87. The molecule has 0 aromatic carbocycles. The number of rotatable bonds is 4. The maximum atomic E-state index is 13.9. The molecular weight excluding hydrogens is 465 g/mol. The lowest BCUT2D eigenvalue weighted by Crippen LogP contribution is -2.21. The molecule has 166 valence electrons. The predicted octanol–water partition coefficient (Wildman–Crippen LogP) is 2.62. The Morgan fingerprint density at radius 1 is 1.15 bits per heavy atom. The van der Waals surface area contributed by atoms with Crippen LogP contribution in [0.1, 0.15) is 21.6 Å². The first-order valence-corrected chi connectivity index (χ1v) is 9.22. The van der Waals surface area contributed by atoms with Crippen molar-refractivity contribution in [3.05, 3.63) is 65.0 Å². The summed E-state index contributed by atoms with van der Waals surface area (Å²) in [5.74, 6) is -1.26. The molecule has 3 N–H and O–H groups in total. The summed E-state index contributed by atoms with van der Waals surface area (Å²) >= 11 is 5.99. The van der Waals surface area contributed by atoms with Crippen LogP contribution in [0.5, 0.6) is 0 Å². The minimum absolute atomic E-state index is 0.0187. The highest BCUT2D eigenvalue weighted by Crippen LogP contribution is 2.36. The van der Waals surface area contributed by atoms with Gasteiger partial charge in [0.25, 0.3) is 5.91 Å². The average Bonchev–Trinajstić information content (AvgIpc) is 3.45. The normalized spacial score (nSPS) is 11.2. The lowest BCUT2D eigenvalue weighted by Gasteiger charge is -2.14. The summed E-state index contributed by atoms with van der Waals surface area (Å²) in [6.07, 6.45) is 0.815. The first kappa shape index (κ1) is 21.7. The molecule has 0 atom stereocenters. The Bertz CT molecular complexity index is 1390. The van der Waals surface area contributed by atoms with E-state index in [2.05, 4.69) is 30.6 Å². The molecule has 4 heterocycles. The van der Waals surface area contributed by atoms with Gasteiger partial charge in [-0.3, -0.25) is 4.79 Å². The molecule has 4 aromatic rings. The van der Waals surface area contributed by atoms with E-state index in [-0.39, 0.29) is 33.6 Å². The summed E-state index contributed by atoms with van der Waals surface area (Å²) in [7, 11) is 0. The standard InChI is InChI=1S/C18H10ClF3N10O/c19-13-12(1-2-25-15(13)24)31-14(18(20,21)22)11(8-29-31)17(33)30-10-5-9(6-23)16(26-7-10)32-27-3-4-28-32/h1-5,7-8H,(H2,24,25)(H,30,33). The Kier molecular flexibility index (Phi) is 5.40. The van der Waals surface area contributed by atoms with Crippen molar-refractivity contribution in [2.24, 2.45) is 0 Å². The fourth-order valence-corrected chi connectivity index (χ4v) is 3.07. The van der Waals surface area contributed by atoms with E-state index in [1.165, 1.54) is 24.5 Å². The number of anilines is 2. The number of carbonyl (C=O) groups excluding carboxylic acids is 1. The smallest absolute Gasteiger partial charge is 0.382 e. The molecule has 1 amide bonds. The van der Waals surface area contributed by atoms with E-state index in [0.717, 1.165) is 23.4 Å². The van der Waals surface area contributed by atoms with Gasteiger partial charge in [0, 0.05) is 6.20 Å². The highest BCUT2D eigenvalue weighted by atomic mass is 35.5. The van der Waals surface area contributed by atoms with E-state index in [0.29, 0.717) is 4.68 Å². The third kappa shape index (κ3) is 4.04. The van der Waals surface area contributed by atoms with Crippen LogP contribution < -0.4 is 11.1 Å². The zero-order chi connectivity index (χ0) is 23.8. The number of nitrogen functional groups attached to an aromatic ring is 1. The van der Waals surface area contributed by atoms with Gasteiger partial charge in [0.05, 0.1) is 41.7 Å². The number of halogens is 4. The number of carbonyl (C=O) groups is 1. The van der Waals surface area contributed by atoms with Crippen molar-refractivity contribution in [2.75, 3.05) is 11.1 Å². The lowest BCUT2D eigenvalue weighted by atomic mass is 10.2. The van der Waals surface area contributed by atoms with Crippen molar-refractivity contribution >= 4 is 29.0 Å². The Balaban J connectivity index is 1.72. The zero-order valence-corrected chi connectivity index (χ0v) is 16.9. The first-order valence-electron chi connectivity index (χ1n) is 8.84. The molecule has 0 saturated carbocycles. The molecule has 0 unspecified atom stereocenters. The van der Waals surface area contributed by atoms with E-state index in [1.54, 1.807) is 0 Å². The van der Waals surface area contributed by atoms with Crippen molar-refractivity contribution < 1.29 is 18.0 Å². The van der Waals surface area contributed by atoms with Crippen LogP contribution in [0.3, 0.4) is 0 Å². The Morgan fingerprint density at radius 2 is 1.88 bits per heavy atom. The van der Waals surface area contributed by atoms with Gasteiger partial charge in [-0.05, 0) is 12.1 Å². The van der Waals surface area contributed by atoms with Gasteiger partial charge < -0.3 is 11.1 Å². The summed E-state index contributed by atoms with van der Waals surface area (Å²) in [5.41, 5.74) is 3.15. The van der Waals surface area contributed by atoms with Gasteiger partial charge in [0.15, 0.2) is 11.5 Å². The van der Waals surface area contributed by atoms with Crippen LogP contribution in [-0.2, 0) is 6.18 Å². The molecular formula is C18H10ClF3N10O. The number of nitrogens with two attached hydrogens (primary N) is 1. The number of hydrogen-bond donors (Lipinski definition) is 2. The van der Waals surface area contributed by atoms with E-state index >= 15 is 0 Å². The minimum atomic E-state index is -4.98. The second kappa shape index (κ2) is 8.20. The Morgan fingerprint density at radius 3 is 2.55 bits per heavy atom. The van der Waals surface area contributed by atoms with Crippen LogP contribution in [0.15, 0.2) is 43.1 Å². The third-order valence-corrected chi connectivity index (χ3v) is 4.65. The first-order chi connectivity index (χ1) is 15.7. The summed E-state index contributed by atoms with van der Waals surface area (Å²) in [6, 6.07) is 4.26. The molecule has 0 bridgehead atoms. The monoisotopic (exact) mass is 474 g/mol. The van der Waals surface area contributed by atoms with E-state index in [1.807, 2.05) is 6.07 Å². The third-order valence-electron chi connectivity index (χ3n) is 4.26. The average molecular weight is 475 g/mol. The molecule has 33 heavy (non-hydrogen) atoms. The zero-order valence-electron chi connectivity index (χ0n) is 16.1. The molecule has 11 nitrogen and oxygen atoms in total. The summed E-state index contributed by atoms with van der Waals surface area (Å²) in [6.45, 7) is 0. The largest absolute Gasteiger partial charge is 0.434 e. The van der Waals surface area contributed by atoms with Gasteiger partial charge in [-0.2, -0.15) is 33.7 Å². The number of aromatic nitrogens is 7. The number of nitriles is 1. The van der Waals surface area contributed by atoms with Crippen LogP contribution in [-0.4, -0.2) is 40.6 Å². The van der Waals surface area contributed by atoms with Crippen LogP contribution in [0.25, 0.3) is 11.5 Å². The Hall–Kier alpha value is -4.51. The topological polar surface area (TPSA) is 153 Å². The van der Waals surface area contributed by atoms with Crippen molar-refractivity contribution in [1.82, 2.24) is 34.7 Å². The van der Waals surface area contributed by atoms with Crippen molar-refractivity contribution in [2.45, 2.75) is 6.18 Å². The number of hydrogen-bond acceptors (Lipinski definition) is 8. The molecule has 4 aromatic heterocycles. The molecule has 0 aliphatic carbocycles. The minimum Gasteiger partial charge on any atom is -0.382 e. The van der Waals surface area contributed by atoms with Gasteiger partial charge in [-0.25, -0.2) is 14.6 Å². The number of nitrogens with one attached hydrogen (secondary N) is 1. The van der Waals surface area contributed by atoms with Crippen LogP contribution in [0, 0.1) is 11.3 Å². The SMILES string of the molecule is N#Cc1cc(NC(=O)c2cnn(-c3ccnc(N)c3Cl)c2C(F)(F)F)cnc1-n1nccn1. The maximum Gasteiger partial charge on any atom is 0.434 e. The second-order valence-corrected chi connectivity index (χ2v) is 6.70. The summed E-state index contributed by atoms with van der Waals surface area (Å²) in [4.78, 5) is 21.5. The van der Waals surface area contributed by atoms with Gasteiger partial charge in [-0.15, -0.1) is 4.80 Å². The second-order valence-electron chi connectivity index (χ2n) is 6.33. The molecule has 0 radical (unpaired) electrons. The fraction of sp³-hybridized carbons (Fsp3) is 0.0556. The molecule has 0 spiro atoms. The lowest BCUT2D eigenvalue weighted by molar-refractivity contribution is -0.143. The highest BCUT2D eigenvalue weighted by molar-refractivity contribution is 6.34. The van der Waals surface area contributed by atoms with E-state index < -0.39 is 23.3 Å². The molecule has 0 aliphatic heterocycles. The number of amides is 1. The maximum absolute atomic E-state index is 13.9. The number of nitrogens with zero attached hydrogens (tertiary/aromatic N) is 8. The Labute approximate surface area is 187 Å².